The smallest absolute Gasteiger partial charge is 0.339 e. The van der Waals surface area contributed by atoms with E-state index >= 15 is 0 Å². The molecule has 1 aromatic heterocycles. The van der Waals surface area contributed by atoms with E-state index in [4.69, 9.17) is 9.15 Å². The van der Waals surface area contributed by atoms with Gasteiger partial charge >= 0.3 is 5.97 Å². The summed E-state index contributed by atoms with van der Waals surface area (Å²) in [4.78, 5) is 23.3. The predicted octanol–water partition coefficient (Wildman–Crippen LogP) is 3.70. The fourth-order valence-electron chi connectivity index (χ4n) is 2.41. The van der Waals surface area contributed by atoms with Crippen molar-refractivity contribution in [1.82, 2.24) is 0 Å². The van der Waals surface area contributed by atoms with Crippen molar-refractivity contribution in [2.24, 2.45) is 0 Å². The number of ketones is 1. The zero-order valence-corrected chi connectivity index (χ0v) is 12.4. The molecule has 3 rings (SSSR count). The summed E-state index contributed by atoms with van der Waals surface area (Å²) in [7, 11) is 0. The molecule has 0 fully saturated rings. The van der Waals surface area contributed by atoms with E-state index in [-0.39, 0.29) is 18.0 Å². The second kappa shape index (κ2) is 5.96. The number of carboxylic acids is 1. The van der Waals surface area contributed by atoms with Crippen molar-refractivity contribution >= 4 is 22.7 Å². The Hall–Kier alpha value is -3.08. The van der Waals surface area contributed by atoms with Crippen LogP contribution in [0, 0.1) is 6.92 Å². The maximum atomic E-state index is 12.0. The molecule has 0 spiro atoms. The van der Waals surface area contributed by atoms with Crippen molar-refractivity contribution in [2.75, 3.05) is 6.61 Å². The summed E-state index contributed by atoms with van der Waals surface area (Å²) in [5, 5.41) is 9.71. The number of aryl methyl sites for hydroxylation is 1. The lowest BCUT2D eigenvalue weighted by atomic mass is 10.1. The molecule has 1 heterocycles. The minimum absolute atomic E-state index is 0.111. The molecule has 23 heavy (non-hydrogen) atoms. The van der Waals surface area contributed by atoms with E-state index in [1.807, 2.05) is 6.07 Å². The molecule has 0 saturated carbocycles. The topological polar surface area (TPSA) is 76.7 Å². The molecule has 0 bridgehead atoms. The van der Waals surface area contributed by atoms with E-state index in [1.165, 1.54) is 0 Å². The first-order chi connectivity index (χ1) is 11.1. The van der Waals surface area contributed by atoms with Gasteiger partial charge in [0, 0.05) is 10.9 Å². The van der Waals surface area contributed by atoms with Gasteiger partial charge in [-0.2, -0.15) is 0 Å². The highest BCUT2D eigenvalue weighted by Crippen LogP contribution is 2.29. The van der Waals surface area contributed by atoms with E-state index in [2.05, 4.69) is 0 Å². The highest BCUT2D eigenvalue weighted by molar-refractivity contribution is 6.04. The van der Waals surface area contributed by atoms with Gasteiger partial charge in [0.25, 0.3) is 0 Å². The summed E-state index contributed by atoms with van der Waals surface area (Å²) >= 11 is 0. The lowest BCUT2D eigenvalue weighted by molar-refractivity contribution is 0.0696. The molecule has 0 atom stereocenters. The zero-order valence-electron chi connectivity index (χ0n) is 12.4. The van der Waals surface area contributed by atoms with E-state index in [0.29, 0.717) is 28.0 Å². The van der Waals surface area contributed by atoms with Crippen molar-refractivity contribution in [2.45, 2.75) is 6.92 Å². The Morgan fingerprint density at radius 3 is 2.57 bits per heavy atom. The first kappa shape index (κ1) is 14.8. The zero-order chi connectivity index (χ0) is 16.4. The molecular weight excluding hydrogens is 296 g/mol. The molecule has 0 saturated heterocycles. The van der Waals surface area contributed by atoms with E-state index < -0.39 is 5.97 Å². The van der Waals surface area contributed by atoms with Crippen LogP contribution in [0.5, 0.6) is 5.75 Å². The van der Waals surface area contributed by atoms with Crippen LogP contribution < -0.4 is 4.74 Å². The van der Waals surface area contributed by atoms with Crippen LogP contribution in [0.1, 0.15) is 26.5 Å². The van der Waals surface area contributed by atoms with Gasteiger partial charge in [-0.3, -0.25) is 4.79 Å². The average Bonchev–Trinajstić information content (AvgIpc) is 2.88. The van der Waals surface area contributed by atoms with Gasteiger partial charge < -0.3 is 14.3 Å². The third-order valence-electron chi connectivity index (χ3n) is 3.52. The number of benzene rings is 2. The molecule has 2 aromatic carbocycles. The number of Topliss-reactive ketones (excluding diaryl/α,β-unsaturated/α-hetero) is 1. The number of carbonyl (C=O) groups excluding carboxylic acids is 1. The summed E-state index contributed by atoms with van der Waals surface area (Å²) in [6.07, 6.45) is 0. The van der Waals surface area contributed by atoms with Crippen molar-refractivity contribution in [1.29, 1.82) is 0 Å². The van der Waals surface area contributed by atoms with E-state index in [1.54, 1.807) is 49.4 Å². The maximum absolute atomic E-state index is 12.0. The van der Waals surface area contributed by atoms with Crippen LogP contribution in [0.2, 0.25) is 0 Å². The van der Waals surface area contributed by atoms with Gasteiger partial charge in [-0.15, -0.1) is 0 Å². The summed E-state index contributed by atoms with van der Waals surface area (Å²) in [5.74, 6) is -0.443. The second-order valence-electron chi connectivity index (χ2n) is 5.07. The number of rotatable bonds is 5. The van der Waals surface area contributed by atoms with Crippen LogP contribution in [0.3, 0.4) is 0 Å². The highest BCUT2D eigenvalue weighted by Gasteiger charge is 2.18. The predicted molar refractivity (Wildman–Crippen MR) is 84.2 cm³/mol. The normalized spacial score (nSPS) is 10.7. The molecule has 0 unspecified atom stereocenters. The van der Waals surface area contributed by atoms with Crippen molar-refractivity contribution in [3.05, 3.63) is 65.4 Å². The molecule has 3 aromatic rings. The molecule has 116 valence electrons. The summed E-state index contributed by atoms with van der Waals surface area (Å²) in [6, 6.07) is 13.7. The Labute approximate surface area is 132 Å². The summed E-state index contributed by atoms with van der Waals surface area (Å²) in [6.45, 7) is 1.48. The number of fused-ring (bicyclic) bond motifs is 1. The fraction of sp³-hybridized carbons (Fsp3) is 0.111. The molecule has 0 aliphatic heterocycles. The molecule has 5 nitrogen and oxygen atoms in total. The number of ether oxygens (including phenoxy) is 1. The Morgan fingerprint density at radius 2 is 1.87 bits per heavy atom. The Bertz CT molecular complexity index is 877. The molecule has 0 radical (unpaired) electrons. The van der Waals surface area contributed by atoms with E-state index in [9.17, 15) is 14.7 Å². The Morgan fingerprint density at radius 1 is 1.13 bits per heavy atom. The van der Waals surface area contributed by atoms with Gasteiger partial charge in [-0.05, 0) is 25.1 Å². The minimum atomic E-state index is -1.06. The number of aromatic carboxylic acids is 1. The van der Waals surface area contributed by atoms with Gasteiger partial charge in [0.1, 0.15) is 22.7 Å². The van der Waals surface area contributed by atoms with Crippen LogP contribution in [0.4, 0.5) is 0 Å². The largest absolute Gasteiger partial charge is 0.485 e. The van der Waals surface area contributed by atoms with Crippen LogP contribution in [0.15, 0.2) is 52.9 Å². The average molecular weight is 310 g/mol. The Balaban J connectivity index is 1.82. The van der Waals surface area contributed by atoms with Gasteiger partial charge in [0.2, 0.25) is 0 Å². The Kier molecular flexibility index (Phi) is 3.85. The second-order valence-corrected chi connectivity index (χ2v) is 5.07. The van der Waals surface area contributed by atoms with Gasteiger partial charge in [0.05, 0.1) is 0 Å². The summed E-state index contributed by atoms with van der Waals surface area (Å²) < 4.78 is 10.9. The van der Waals surface area contributed by atoms with Crippen LogP contribution in [-0.4, -0.2) is 23.5 Å². The van der Waals surface area contributed by atoms with E-state index in [0.717, 1.165) is 0 Å². The van der Waals surface area contributed by atoms with Gasteiger partial charge in [-0.1, -0.05) is 30.3 Å². The lowest BCUT2D eigenvalue weighted by Gasteiger charge is -2.05. The number of hydrogen-bond donors (Lipinski definition) is 1. The lowest BCUT2D eigenvalue weighted by Crippen LogP contribution is -2.11. The quantitative estimate of drug-likeness (QED) is 0.727. The number of hydrogen-bond acceptors (Lipinski definition) is 4. The first-order valence-electron chi connectivity index (χ1n) is 7.04. The van der Waals surface area contributed by atoms with Crippen molar-refractivity contribution in [3.63, 3.8) is 0 Å². The molecule has 0 aliphatic rings. The number of furan rings is 1. The fourth-order valence-corrected chi connectivity index (χ4v) is 2.41. The van der Waals surface area contributed by atoms with Gasteiger partial charge in [0.15, 0.2) is 12.4 Å². The molecule has 0 aliphatic carbocycles. The summed E-state index contributed by atoms with van der Waals surface area (Å²) in [5.41, 5.74) is 1.15. The number of carboxylic acid groups (broad SMARTS) is 1. The number of carbonyl (C=O) groups is 2. The van der Waals surface area contributed by atoms with Crippen LogP contribution in [-0.2, 0) is 0 Å². The molecule has 0 amide bonds. The molecular formula is C18H14O5. The van der Waals surface area contributed by atoms with Crippen LogP contribution in [0.25, 0.3) is 11.0 Å². The highest BCUT2D eigenvalue weighted by atomic mass is 16.5. The van der Waals surface area contributed by atoms with Crippen LogP contribution >= 0.6 is 0 Å². The molecule has 5 heteroatoms. The third kappa shape index (κ3) is 2.94. The monoisotopic (exact) mass is 310 g/mol. The first-order valence-corrected chi connectivity index (χ1v) is 7.04. The maximum Gasteiger partial charge on any atom is 0.339 e. The third-order valence-corrected chi connectivity index (χ3v) is 3.52. The molecule has 1 N–H and O–H groups in total. The standard InChI is InChI=1S/C18H14O5/c1-11-17(18(20)21)14-9-13(7-8-16(14)23-11)22-10-15(19)12-5-3-2-4-6-12/h2-9H,10H2,1H3,(H,20,21). The van der Waals surface area contributed by atoms with Crippen molar-refractivity contribution in [3.8, 4) is 5.75 Å². The minimum Gasteiger partial charge on any atom is -0.485 e. The van der Waals surface area contributed by atoms with Gasteiger partial charge in [-0.25, -0.2) is 4.79 Å². The SMILES string of the molecule is Cc1oc2ccc(OCC(=O)c3ccccc3)cc2c1C(=O)O. The van der Waals surface area contributed by atoms with Crippen molar-refractivity contribution < 1.29 is 23.8 Å².